The SMILES string of the molecule is CCOc1nc(Cl)cn(Cc2ccccc2)c1=O. The molecule has 4 nitrogen and oxygen atoms in total. The molecule has 1 heterocycles. The maximum absolute atomic E-state index is 12.0. The Morgan fingerprint density at radius 2 is 2.06 bits per heavy atom. The number of halogens is 1. The predicted molar refractivity (Wildman–Crippen MR) is 70.2 cm³/mol. The van der Waals surface area contributed by atoms with Crippen molar-refractivity contribution < 1.29 is 4.74 Å². The van der Waals surface area contributed by atoms with Crippen molar-refractivity contribution in [1.82, 2.24) is 9.55 Å². The molecule has 18 heavy (non-hydrogen) atoms. The van der Waals surface area contributed by atoms with Gasteiger partial charge in [0.2, 0.25) is 0 Å². The molecule has 1 aromatic carbocycles. The largest absolute Gasteiger partial charge is 0.474 e. The van der Waals surface area contributed by atoms with E-state index in [1.54, 1.807) is 6.92 Å². The molecule has 0 saturated carbocycles. The van der Waals surface area contributed by atoms with Crippen LogP contribution in [-0.2, 0) is 6.54 Å². The molecule has 0 radical (unpaired) electrons. The highest BCUT2D eigenvalue weighted by molar-refractivity contribution is 6.29. The van der Waals surface area contributed by atoms with Gasteiger partial charge in [0.05, 0.1) is 13.2 Å². The first-order valence-electron chi connectivity index (χ1n) is 5.64. The topological polar surface area (TPSA) is 44.1 Å². The van der Waals surface area contributed by atoms with E-state index in [2.05, 4.69) is 4.98 Å². The first-order chi connectivity index (χ1) is 8.70. The van der Waals surface area contributed by atoms with Crippen molar-refractivity contribution in [3.8, 4) is 5.88 Å². The van der Waals surface area contributed by atoms with E-state index in [9.17, 15) is 4.79 Å². The number of hydrogen-bond donors (Lipinski definition) is 0. The lowest BCUT2D eigenvalue weighted by atomic mass is 10.2. The molecular formula is C13H13ClN2O2. The van der Waals surface area contributed by atoms with E-state index < -0.39 is 0 Å². The van der Waals surface area contributed by atoms with Gasteiger partial charge in [0, 0.05) is 6.20 Å². The Kier molecular flexibility index (Phi) is 3.99. The van der Waals surface area contributed by atoms with Gasteiger partial charge in [0.15, 0.2) is 0 Å². The molecule has 0 N–H and O–H groups in total. The molecule has 0 atom stereocenters. The summed E-state index contributed by atoms with van der Waals surface area (Å²) < 4.78 is 6.66. The summed E-state index contributed by atoms with van der Waals surface area (Å²) in [6, 6.07) is 9.67. The molecule has 94 valence electrons. The van der Waals surface area contributed by atoms with Crippen LogP contribution in [0.3, 0.4) is 0 Å². The second-order valence-corrected chi connectivity index (χ2v) is 4.11. The third-order valence-corrected chi connectivity index (χ3v) is 2.57. The number of ether oxygens (including phenoxy) is 1. The maximum Gasteiger partial charge on any atom is 0.313 e. The Morgan fingerprint density at radius 3 is 2.72 bits per heavy atom. The minimum Gasteiger partial charge on any atom is -0.474 e. The minimum absolute atomic E-state index is 0.0425. The van der Waals surface area contributed by atoms with Crippen LogP contribution in [0.4, 0.5) is 0 Å². The summed E-state index contributed by atoms with van der Waals surface area (Å²) in [6.07, 6.45) is 1.51. The maximum atomic E-state index is 12.0. The molecule has 2 aromatic rings. The fourth-order valence-corrected chi connectivity index (χ4v) is 1.81. The van der Waals surface area contributed by atoms with Gasteiger partial charge in [-0.2, -0.15) is 4.98 Å². The van der Waals surface area contributed by atoms with Gasteiger partial charge in [-0.3, -0.25) is 4.79 Å². The molecule has 5 heteroatoms. The quantitative estimate of drug-likeness (QED) is 0.851. The Bertz CT molecular complexity index is 581. The van der Waals surface area contributed by atoms with Gasteiger partial charge >= 0.3 is 5.56 Å². The zero-order valence-corrected chi connectivity index (χ0v) is 10.7. The van der Waals surface area contributed by atoms with Gasteiger partial charge in [-0.1, -0.05) is 41.9 Å². The molecule has 0 fully saturated rings. The number of benzene rings is 1. The number of rotatable bonds is 4. The summed E-state index contributed by atoms with van der Waals surface area (Å²) in [6.45, 7) is 2.62. The molecular weight excluding hydrogens is 252 g/mol. The van der Waals surface area contributed by atoms with Crippen LogP contribution in [-0.4, -0.2) is 16.2 Å². The van der Waals surface area contributed by atoms with Gasteiger partial charge in [0.25, 0.3) is 5.88 Å². The molecule has 0 unspecified atom stereocenters. The Morgan fingerprint density at radius 1 is 1.33 bits per heavy atom. The van der Waals surface area contributed by atoms with E-state index >= 15 is 0 Å². The second kappa shape index (κ2) is 5.69. The van der Waals surface area contributed by atoms with E-state index in [1.165, 1.54) is 10.8 Å². The van der Waals surface area contributed by atoms with Crippen molar-refractivity contribution in [2.45, 2.75) is 13.5 Å². The average Bonchev–Trinajstić information content (AvgIpc) is 2.36. The zero-order valence-electron chi connectivity index (χ0n) is 9.97. The van der Waals surface area contributed by atoms with Crippen LogP contribution < -0.4 is 10.3 Å². The summed E-state index contributed by atoms with van der Waals surface area (Å²) in [5.74, 6) is 0.0425. The first-order valence-corrected chi connectivity index (χ1v) is 6.02. The number of hydrogen-bond acceptors (Lipinski definition) is 3. The van der Waals surface area contributed by atoms with Crippen LogP contribution in [0.1, 0.15) is 12.5 Å². The van der Waals surface area contributed by atoms with Crippen molar-refractivity contribution in [3.05, 3.63) is 57.6 Å². The number of aromatic nitrogens is 2. The lowest BCUT2D eigenvalue weighted by Crippen LogP contribution is -2.23. The minimum atomic E-state index is -0.273. The first kappa shape index (κ1) is 12.6. The molecule has 1 aromatic heterocycles. The van der Waals surface area contributed by atoms with E-state index in [0.717, 1.165) is 5.56 Å². The van der Waals surface area contributed by atoms with Crippen molar-refractivity contribution in [1.29, 1.82) is 0 Å². The van der Waals surface area contributed by atoms with Gasteiger partial charge in [-0.05, 0) is 12.5 Å². The normalized spacial score (nSPS) is 10.3. The molecule has 0 amide bonds. The third kappa shape index (κ3) is 2.90. The number of nitrogens with zero attached hydrogens (tertiary/aromatic N) is 2. The van der Waals surface area contributed by atoms with Gasteiger partial charge < -0.3 is 9.30 Å². The molecule has 2 rings (SSSR count). The monoisotopic (exact) mass is 264 g/mol. The zero-order chi connectivity index (χ0) is 13.0. The molecule has 0 aliphatic heterocycles. The molecule has 0 spiro atoms. The van der Waals surface area contributed by atoms with Crippen LogP contribution in [0.15, 0.2) is 41.3 Å². The molecule has 0 saturated heterocycles. The third-order valence-electron chi connectivity index (χ3n) is 2.39. The summed E-state index contributed by atoms with van der Waals surface area (Å²) in [7, 11) is 0. The van der Waals surface area contributed by atoms with E-state index in [4.69, 9.17) is 16.3 Å². The highest BCUT2D eigenvalue weighted by atomic mass is 35.5. The molecule has 0 bridgehead atoms. The fourth-order valence-electron chi connectivity index (χ4n) is 1.61. The fraction of sp³-hybridized carbons (Fsp3) is 0.231. The predicted octanol–water partition coefficient (Wildman–Crippen LogP) is 2.34. The Labute approximate surface area is 110 Å². The Hall–Kier alpha value is -1.81. The van der Waals surface area contributed by atoms with Crippen molar-refractivity contribution in [2.75, 3.05) is 6.61 Å². The van der Waals surface area contributed by atoms with Crippen molar-refractivity contribution in [3.63, 3.8) is 0 Å². The highest BCUT2D eigenvalue weighted by Crippen LogP contribution is 2.09. The summed E-state index contributed by atoms with van der Waals surface area (Å²) in [4.78, 5) is 15.9. The van der Waals surface area contributed by atoms with Crippen molar-refractivity contribution >= 4 is 11.6 Å². The standard InChI is InChI=1S/C13H13ClN2O2/c1-2-18-12-13(17)16(9-11(14)15-12)8-10-6-4-3-5-7-10/h3-7,9H,2,8H2,1H3. The average molecular weight is 265 g/mol. The summed E-state index contributed by atoms with van der Waals surface area (Å²) >= 11 is 5.87. The van der Waals surface area contributed by atoms with Crippen LogP contribution in [0.5, 0.6) is 5.88 Å². The van der Waals surface area contributed by atoms with E-state index in [-0.39, 0.29) is 16.6 Å². The summed E-state index contributed by atoms with van der Waals surface area (Å²) in [5.41, 5.74) is 0.745. The van der Waals surface area contributed by atoms with Gasteiger partial charge in [0.1, 0.15) is 5.15 Å². The second-order valence-electron chi connectivity index (χ2n) is 3.72. The summed E-state index contributed by atoms with van der Waals surface area (Å²) in [5, 5.41) is 0.244. The molecule has 0 aliphatic rings. The lowest BCUT2D eigenvalue weighted by Gasteiger charge is -2.08. The van der Waals surface area contributed by atoms with Crippen molar-refractivity contribution in [2.24, 2.45) is 0 Å². The van der Waals surface area contributed by atoms with Gasteiger partial charge in [-0.15, -0.1) is 0 Å². The van der Waals surface area contributed by atoms with Crippen LogP contribution in [0.2, 0.25) is 5.15 Å². The smallest absolute Gasteiger partial charge is 0.313 e. The van der Waals surface area contributed by atoms with E-state index in [1.807, 2.05) is 30.3 Å². The van der Waals surface area contributed by atoms with E-state index in [0.29, 0.717) is 13.2 Å². The molecule has 0 aliphatic carbocycles. The van der Waals surface area contributed by atoms with Crippen LogP contribution in [0, 0.1) is 0 Å². The van der Waals surface area contributed by atoms with Crippen LogP contribution in [0.25, 0.3) is 0 Å². The van der Waals surface area contributed by atoms with Gasteiger partial charge in [-0.25, -0.2) is 0 Å². The lowest BCUT2D eigenvalue weighted by molar-refractivity contribution is 0.318. The Balaban J connectivity index is 2.36. The highest BCUT2D eigenvalue weighted by Gasteiger charge is 2.08. The van der Waals surface area contributed by atoms with Crippen LogP contribution >= 0.6 is 11.6 Å².